The standard InChI is InChI=1S/C11H11ClF2O2/c1-11(2,5-9(15)16)7-3-6(13)4-8(12)10(7)14/h3-4H,5H2,1-2H3,(H,15,16). The van der Waals surface area contributed by atoms with E-state index in [2.05, 4.69) is 0 Å². The van der Waals surface area contributed by atoms with Crippen molar-refractivity contribution in [2.75, 3.05) is 0 Å². The Kier molecular flexibility index (Phi) is 3.53. The number of aliphatic carboxylic acids is 1. The topological polar surface area (TPSA) is 37.3 Å². The smallest absolute Gasteiger partial charge is 0.304 e. The van der Waals surface area contributed by atoms with E-state index in [0.717, 1.165) is 12.1 Å². The Labute approximate surface area is 96.8 Å². The molecule has 0 saturated carbocycles. The zero-order valence-corrected chi connectivity index (χ0v) is 9.61. The molecule has 16 heavy (non-hydrogen) atoms. The van der Waals surface area contributed by atoms with E-state index in [0.29, 0.717) is 0 Å². The van der Waals surface area contributed by atoms with Crippen LogP contribution in [0.3, 0.4) is 0 Å². The van der Waals surface area contributed by atoms with Crippen LogP contribution in [-0.2, 0) is 10.2 Å². The fraction of sp³-hybridized carbons (Fsp3) is 0.364. The number of hydrogen-bond donors (Lipinski definition) is 1. The van der Waals surface area contributed by atoms with Gasteiger partial charge in [0, 0.05) is 5.41 Å². The Balaban J connectivity index is 3.26. The zero-order valence-electron chi connectivity index (χ0n) is 8.85. The lowest BCUT2D eigenvalue weighted by molar-refractivity contribution is -0.138. The van der Waals surface area contributed by atoms with E-state index in [4.69, 9.17) is 16.7 Å². The van der Waals surface area contributed by atoms with Gasteiger partial charge in [-0.1, -0.05) is 25.4 Å². The van der Waals surface area contributed by atoms with Crippen molar-refractivity contribution in [2.45, 2.75) is 25.7 Å². The first-order valence-electron chi connectivity index (χ1n) is 4.61. The summed E-state index contributed by atoms with van der Waals surface area (Å²) in [5.74, 6) is -2.53. The third-order valence-electron chi connectivity index (χ3n) is 2.32. The van der Waals surface area contributed by atoms with Gasteiger partial charge in [-0.15, -0.1) is 0 Å². The summed E-state index contributed by atoms with van der Waals surface area (Å²) in [4.78, 5) is 10.6. The van der Waals surface area contributed by atoms with Gasteiger partial charge in [0.25, 0.3) is 0 Å². The molecule has 0 radical (unpaired) electrons. The van der Waals surface area contributed by atoms with Gasteiger partial charge in [0.15, 0.2) is 0 Å². The molecule has 1 aromatic carbocycles. The maximum absolute atomic E-state index is 13.6. The molecule has 0 aliphatic carbocycles. The molecule has 88 valence electrons. The molecule has 1 aromatic rings. The number of halogens is 3. The maximum atomic E-state index is 13.6. The molecule has 1 N–H and O–H groups in total. The minimum atomic E-state index is -1.08. The van der Waals surface area contributed by atoms with Crippen LogP contribution in [0.15, 0.2) is 12.1 Å². The van der Waals surface area contributed by atoms with E-state index in [1.54, 1.807) is 0 Å². The van der Waals surface area contributed by atoms with E-state index < -0.39 is 23.0 Å². The number of carboxylic acids is 1. The molecule has 0 aromatic heterocycles. The molecule has 0 heterocycles. The summed E-state index contributed by atoms with van der Waals surface area (Å²) in [6, 6.07) is 1.83. The number of hydrogen-bond acceptors (Lipinski definition) is 1. The fourth-order valence-electron chi connectivity index (χ4n) is 1.52. The Morgan fingerprint density at radius 3 is 2.50 bits per heavy atom. The molecule has 2 nitrogen and oxygen atoms in total. The van der Waals surface area contributed by atoms with E-state index >= 15 is 0 Å². The fourth-order valence-corrected chi connectivity index (χ4v) is 1.73. The summed E-state index contributed by atoms with van der Waals surface area (Å²) in [6.07, 6.45) is -0.302. The second-order valence-corrected chi connectivity index (χ2v) is 4.61. The largest absolute Gasteiger partial charge is 0.481 e. The SMILES string of the molecule is CC(C)(CC(=O)O)c1cc(F)cc(Cl)c1F. The monoisotopic (exact) mass is 248 g/mol. The van der Waals surface area contributed by atoms with E-state index in [-0.39, 0.29) is 17.0 Å². The average molecular weight is 249 g/mol. The zero-order chi connectivity index (χ0) is 12.5. The Hall–Kier alpha value is -1.16. The molecule has 0 spiro atoms. The molecule has 0 atom stereocenters. The van der Waals surface area contributed by atoms with Gasteiger partial charge in [0.05, 0.1) is 11.4 Å². The maximum Gasteiger partial charge on any atom is 0.304 e. The van der Waals surface area contributed by atoms with E-state index in [1.807, 2.05) is 0 Å². The van der Waals surface area contributed by atoms with Crippen molar-refractivity contribution in [3.05, 3.63) is 34.4 Å². The predicted molar refractivity (Wildman–Crippen MR) is 56.6 cm³/mol. The molecule has 0 fully saturated rings. The lowest BCUT2D eigenvalue weighted by Crippen LogP contribution is -2.23. The van der Waals surface area contributed by atoms with Crippen LogP contribution in [0, 0.1) is 11.6 Å². The van der Waals surface area contributed by atoms with Gasteiger partial charge >= 0.3 is 5.97 Å². The number of carbonyl (C=O) groups is 1. The summed E-state index contributed by atoms with van der Waals surface area (Å²) in [5.41, 5.74) is -1.04. The van der Waals surface area contributed by atoms with Crippen molar-refractivity contribution in [2.24, 2.45) is 0 Å². The molecule has 0 amide bonds. The number of carboxylic acid groups (broad SMARTS) is 1. The summed E-state index contributed by atoms with van der Waals surface area (Å²) in [7, 11) is 0. The summed E-state index contributed by atoms with van der Waals surface area (Å²) in [6.45, 7) is 3.05. The average Bonchev–Trinajstić information content (AvgIpc) is 2.08. The first-order chi connectivity index (χ1) is 7.24. The minimum Gasteiger partial charge on any atom is -0.481 e. The third-order valence-corrected chi connectivity index (χ3v) is 2.59. The van der Waals surface area contributed by atoms with Crippen LogP contribution in [-0.4, -0.2) is 11.1 Å². The summed E-state index contributed by atoms with van der Waals surface area (Å²) < 4.78 is 26.7. The van der Waals surface area contributed by atoms with Gasteiger partial charge in [-0.25, -0.2) is 8.78 Å². The predicted octanol–water partition coefficient (Wildman–Crippen LogP) is 3.37. The Morgan fingerprint density at radius 1 is 1.44 bits per heavy atom. The van der Waals surface area contributed by atoms with Crippen molar-refractivity contribution in [3.63, 3.8) is 0 Å². The molecule has 0 saturated heterocycles. The lowest BCUT2D eigenvalue weighted by atomic mass is 9.81. The van der Waals surface area contributed by atoms with E-state index in [9.17, 15) is 13.6 Å². The highest BCUT2D eigenvalue weighted by atomic mass is 35.5. The van der Waals surface area contributed by atoms with Crippen molar-refractivity contribution in [1.29, 1.82) is 0 Å². The molecule has 5 heteroatoms. The van der Waals surface area contributed by atoms with Gasteiger partial charge in [0.1, 0.15) is 11.6 Å². The first kappa shape index (κ1) is 12.9. The number of benzene rings is 1. The molecule has 0 aliphatic rings. The van der Waals surface area contributed by atoms with Crippen molar-refractivity contribution in [3.8, 4) is 0 Å². The van der Waals surface area contributed by atoms with Crippen LogP contribution in [0.4, 0.5) is 8.78 Å². The van der Waals surface area contributed by atoms with Crippen LogP contribution in [0.1, 0.15) is 25.8 Å². The van der Waals surface area contributed by atoms with Crippen LogP contribution in [0.2, 0.25) is 5.02 Å². The molecule has 1 rings (SSSR count). The second-order valence-electron chi connectivity index (χ2n) is 4.20. The molecule has 0 unspecified atom stereocenters. The van der Waals surface area contributed by atoms with Gasteiger partial charge in [0.2, 0.25) is 0 Å². The molecule has 0 bridgehead atoms. The van der Waals surface area contributed by atoms with Crippen LogP contribution < -0.4 is 0 Å². The van der Waals surface area contributed by atoms with Crippen molar-refractivity contribution >= 4 is 17.6 Å². The first-order valence-corrected chi connectivity index (χ1v) is 4.98. The summed E-state index contributed by atoms with van der Waals surface area (Å²) >= 11 is 5.50. The second kappa shape index (κ2) is 4.37. The normalized spacial score (nSPS) is 11.6. The molecule has 0 aliphatic heterocycles. The highest BCUT2D eigenvalue weighted by Gasteiger charge is 2.28. The van der Waals surface area contributed by atoms with Gasteiger partial charge in [-0.2, -0.15) is 0 Å². The van der Waals surface area contributed by atoms with Gasteiger partial charge < -0.3 is 5.11 Å². The molecular formula is C11H11ClF2O2. The molecular weight excluding hydrogens is 238 g/mol. The van der Waals surface area contributed by atoms with E-state index in [1.165, 1.54) is 13.8 Å². The Morgan fingerprint density at radius 2 is 2.00 bits per heavy atom. The van der Waals surface area contributed by atoms with Crippen LogP contribution >= 0.6 is 11.6 Å². The number of rotatable bonds is 3. The third kappa shape index (κ3) is 2.70. The highest BCUT2D eigenvalue weighted by Crippen LogP contribution is 2.32. The highest BCUT2D eigenvalue weighted by molar-refractivity contribution is 6.30. The lowest BCUT2D eigenvalue weighted by Gasteiger charge is -2.24. The van der Waals surface area contributed by atoms with Gasteiger partial charge in [-0.3, -0.25) is 4.79 Å². The quantitative estimate of drug-likeness (QED) is 0.833. The van der Waals surface area contributed by atoms with Gasteiger partial charge in [-0.05, 0) is 17.7 Å². The van der Waals surface area contributed by atoms with Crippen LogP contribution in [0.25, 0.3) is 0 Å². The van der Waals surface area contributed by atoms with Crippen molar-refractivity contribution < 1.29 is 18.7 Å². The summed E-state index contributed by atoms with van der Waals surface area (Å²) in [5, 5.41) is 8.35. The Bertz CT molecular complexity index is 430. The minimum absolute atomic E-state index is 0.0279. The van der Waals surface area contributed by atoms with Crippen molar-refractivity contribution in [1.82, 2.24) is 0 Å². The van der Waals surface area contributed by atoms with Crippen LogP contribution in [0.5, 0.6) is 0 Å².